The van der Waals surface area contributed by atoms with Gasteiger partial charge in [-0.15, -0.1) is 0 Å². The zero-order chi connectivity index (χ0) is 19.4. The first kappa shape index (κ1) is 18.8. The van der Waals surface area contributed by atoms with Gasteiger partial charge in [0.25, 0.3) is 0 Å². The average molecular weight is 389 g/mol. The number of rotatable bonds is 6. The predicted molar refractivity (Wildman–Crippen MR) is 101 cm³/mol. The monoisotopic (exact) mass is 388 g/mol. The molecule has 27 heavy (non-hydrogen) atoms. The van der Waals surface area contributed by atoms with Gasteiger partial charge in [-0.25, -0.2) is 9.59 Å². The number of ether oxygens (including phenoxy) is 4. The summed E-state index contributed by atoms with van der Waals surface area (Å²) in [6.45, 7) is -0.481. The van der Waals surface area contributed by atoms with E-state index in [2.05, 4.69) is 9.47 Å². The van der Waals surface area contributed by atoms with E-state index in [0.29, 0.717) is 27.3 Å². The summed E-state index contributed by atoms with van der Waals surface area (Å²) in [4.78, 5) is 23.1. The highest BCUT2D eigenvalue weighted by atomic mass is 35.5. The van der Waals surface area contributed by atoms with E-state index < -0.39 is 11.9 Å². The van der Waals surface area contributed by atoms with Crippen LogP contribution in [0, 0.1) is 0 Å². The van der Waals surface area contributed by atoms with Gasteiger partial charge in [0.15, 0.2) is 13.2 Å². The van der Waals surface area contributed by atoms with Crippen molar-refractivity contribution in [3.63, 3.8) is 0 Å². The SMILES string of the molecule is COC(=O)COc1c2ccccc2c(OCC(=O)OC)c2cc(Cl)ccc12. The maximum atomic E-state index is 11.6. The standard InChI is InChI=1S/C20H17ClO6/c1-24-17(22)10-26-19-13-5-3-4-6-14(13)20(27-11-18(23)25-2)16-9-12(21)7-8-15(16)19/h3-9H,10-11H2,1-2H3. The van der Waals surface area contributed by atoms with Crippen molar-refractivity contribution < 1.29 is 28.5 Å². The van der Waals surface area contributed by atoms with Gasteiger partial charge in [0.05, 0.1) is 14.2 Å². The van der Waals surface area contributed by atoms with E-state index in [1.165, 1.54) is 14.2 Å². The molecule has 0 spiro atoms. The first-order chi connectivity index (χ1) is 13.0. The lowest BCUT2D eigenvalue weighted by Gasteiger charge is -2.17. The fourth-order valence-corrected chi connectivity index (χ4v) is 2.93. The van der Waals surface area contributed by atoms with Gasteiger partial charge in [0.2, 0.25) is 0 Å². The number of benzene rings is 3. The second kappa shape index (κ2) is 8.14. The van der Waals surface area contributed by atoms with Crippen LogP contribution in [0.25, 0.3) is 21.5 Å². The van der Waals surface area contributed by atoms with Crippen LogP contribution in [0.5, 0.6) is 11.5 Å². The van der Waals surface area contributed by atoms with E-state index in [-0.39, 0.29) is 13.2 Å². The molecule has 0 bridgehead atoms. The fourth-order valence-electron chi connectivity index (χ4n) is 2.76. The van der Waals surface area contributed by atoms with Crippen molar-refractivity contribution in [3.05, 3.63) is 47.5 Å². The van der Waals surface area contributed by atoms with Crippen molar-refractivity contribution in [2.24, 2.45) is 0 Å². The summed E-state index contributed by atoms with van der Waals surface area (Å²) < 4.78 is 20.8. The number of hydrogen-bond acceptors (Lipinski definition) is 6. The lowest BCUT2D eigenvalue weighted by molar-refractivity contribution is -0.143. The molecule has 3 aromatic rings. The summed E-state index contributed by atoms with van der Waals surface area (Å²) in [5.74, 6) is -0.000470. The van der Waals surface area contributed by atoms with Crippen molar-refractivity contribution in [3.8, 4) is 11.5 Å². The first-order valence-corrected chi connectivity index (χ1v) is 8.46. The third-order valence-corrected chi connectivity index (χ3v) is 4.25. The van der Waals surface area contributed by atoms with Crippen LogP contribution in [-0.4, -0.2) is 39.4 Å². The van der Waals surface area contributed by atoms with Crippen LogP contribution in [0.4, 0.5) is 0 Å². The molecule has 140 valence electrons. The van der Waals surface area contributed by atoms with E-state index in [1.807, 2.05) is 24.3 Å². The van der Waals surface area contributed by atoms with E-state index in [0.717, 1.165) is 10.8 Å². The average Bonchev–Trinajstić information content (AvgIpc) is 2.69. The summed E-state index contributed by atoms with van der Waals surface area (Å²) >= 11 is 6.17. The summed E-state index contributed by atoms with van der Waals surface area (Å²) in [6, 6.07) is 12.6. The number of methoxy groups -OCH3 is 2. The molecule has 0 aliphatic rings. The lowest BCUT2D eigenvalue weighted by Crippen LogP contribution is -2.14. The van der Waals surface area contributed by atoms with Gasteiger partial charge in [-0.1, -0.05) is 35.9 Å². The Morgan fingerprint density at radius 1 is 0.778 bits per heavy atom. The topological polar surface area (TPSA) is 71.1 Å². The summed E-state index contributed by atoms with van der Waals surface area (Å²) in [7, 11) is 2.59. The number of carbonyl (C=O) groups excluding carboxylic acids is 2. The number of esters is 2. The molecule has 3 aromatic carbocycles. The molecule has 0 heterocycles. The number of halogens is 1. The second-order valence-electron chi connectivity index (χ2n) is 5.62. The minimum absolute atomic E-state index is 0.236. The Labute approximate surface area is 160 Å². The molecule has 0 atom stereocenters. The fraction of sp³-hybridized carbons (Fsp3) is 0.200. The molecule has 0 saturated heterocycles. The highest BCUT2D eigenvalue weighted by Gasteiger charge is 2.18. The Bertz CT molecular complexity index is 1010. The van der Waals surface area contributed by atoms with Crippen LogP contribution >= 0.6 is 11.6 Å². The van der Waals surface area contributed by atoms with Crippen LogP contribution in [-0.2, 0) is 19.1 Å². The van der Waals surface area contributed by atoms with Crippen LogP contribution in [0.2, 0.25) is 5.02 Å². The molecule has 0 aliphatic heterocycles. The molecule has 0 aromatic heterocycles. The van der Waals surface area contributed by atoms with E-state index in [4.69, 9.17) is 21.1 Å². The van der Waals surface area contributed by atoms with Gasteiger partial charge < -0.3 is 18.9 Å². The van der Waals surface area contributed by atoms with Gasteiger partial charge in [-0.2, -0.15) is 0 Å². The molecule has 6 nitrogen and oxygen atoms in total. The number of fused-ring (bicyclic) bond motifs is 2. The highest BCUT2D eigenvalue weighted by Crippen LogP contribution is 2.43. The molecule has 0 amide bonds. The molecule has 0 radical (unpaired) electrons. The molecule has 3 rings (SSSR count). The van der Waals surface area contributed by atoms with Crippen LogP contribution in [0.1, 0.15) is 0 Å². The minimum Gasteiger partial charge on any atom is -0.481 e. The smallest absolute Gasteiger partial charge is 0.343 e. The largest absolute Gasteiger partial charge is 0.481 e. The highest BCUT2D eigenvalue weighted by molar-refractivity contribution is 6.31. The van der Waals surface area contributed by atoms with E-state index in [1.54, 1.807) is 18.2 Å². The summed E-state index contributed by atoms with van der Waals surface area (Å²) in [6.07, 6.45) is 0. The Hall–Kier alpha value is -2.99. The maximum Gasteiger partial charge on any atom is 0.343 e. The predicted octanol–water partition coefficient (Wildman–Crippen LogP) is 3.75. The maximum absolute atomic E-state index is 11.6. The zero-order valence-corrected chi connectivity index (χ0v) is 15.5. The molecular weight excluding hydrogens is 372 g/mol. The number of carbonyl (C=O) groups is 2. The third-order valence-electron chi connectivity index (χ3n) is 4.01. The molecule has 0 aliphatic carbocycles. The van der Waals surface area contributed by atoms with Gasteiger partial charge in [0.1, 0.15) is 11.5 Å². The van der Waals surface area contributed by atoms with E-state index in [9.17, 15) is 9.59 Å². The van der Waals surface area contributed by atoms with Crippen molar-refractivity contribution >= 4 is 45.1 Å². The zero-order valence-electron chi connectivity index (χ0n) is 14.8. The Morgan fingerprint density at radius 2 is 1.26 bits per heavy atom. The Morgan fingerprint density at radius 3 is 1.78 bits per heavy atom. The van der Waals surface area contributed by atoms with Crippen molar-refractivity contribution in [2.75, 3.05) is 27.4 Å². The van der Waals surface area contributed by atoms with Crippen LogP contribution < -0.4 is 9.47 Å². The van der Waals surface area contributed by atoms with Gasteiger partial charge in [0, 0.05) is 26.6 Å². The quantitative estimate of drug-likeness (QED) is 0.473. The summed E-state index contributed by atoms with van der Waals surface area (Å²) in [5.41, 5.74) is 0. The summed E-state index contributed by atoms with van der Waals surface area (Å²) in [5, 5.41) is 3.30. The molecule has 0 fully saturated rings. The molecule has 0 N–H and O–H groups in total. The van der Waals surface area contributed by atoms with Crippen molar-refractivity contribution in [2.45, 2.75) is 0 Å². The number of hydrogen-bond donors (Lipinski definition) is 0. The molecular formula is C20H17ClO6. The first-order valence-electron chi connectivity index (χ1n) is 8.08. The molecule has 0 saturated carbocycles. The third kappa shape index (κ3) is 3.90. The molecule has 0 unspecified atom stereocenters. The van der Waals surface area contributed by atoms with Crippen LogP contribution in [0.3, 0.4) is 0 Å². The second-order valence-corrected chi connectivity index (χ2v) is 6.06. The molecule has 7 heteroatoms. The van der Waals surface area contributed by atoms with Crippen molar-refractivity contribution in [1.82, 2.24) is 0 Å². The van der Waals surface area contributed by atoms with Crippen molar-refractivity contribution in [1.29, 1.82) is 0 Å². The Balaban J connectivity index is 2.22. The Kier molecular flexibility index (Phi) is 5.66. The van der Waals surface area contributed by atoms with E-state index >= 15 is 0 Å². The minimum atomic E-state index is -0.500. The normalized spacial score (nSPS) is 10.6. The van der Waals surface area contributed by atoms with Gasteiger partial charge in [-0.05, 0) is 18.2 Å². The van der Waals surface area contributed by atoms with Gasteiger partial charge >= 0.3 is 11.9 Å². The van der Waals surface area contributed by atoms with Crippen LogP contribution in [0.15, 0.2) is 42.5 Å². The van der Waals surface area contributed by atoms with Gasteiger partial charge in [-0.3, -0.25) is 0 Å². The lowest BCUT2D eigenvalue weighted by atomic mass is 10.0.